The molecule has 8 heteroatoms. The van der Waals surface area contributed by atoms with Gasteiger partial charge in [-0.2, -0.15) is 9.28 Å². The van der Waals surface area contributed by atoms with Crippen molar-refractivity contribution in [2.45, 2.75) is 37.3 Å². The van der Waals surface area contributed by atoms with Crippen molar-refractivity contribution in [2.24, 2.45) is 5.92 Å². The first kappa shape index (κ1) is 17.8. The maximum absolute atomic E-state index is 12.5. The number of aliphatic hydroxyl groups is 1. The van der Waals surface area contributed by atoms with E-state index in [1.165, 1.54) is 19.1 Å². The maximum atomic E-state index is 12.5. The summed E-state index contributed by atoms with van der Waals surface area (Å²) < 4.78 is 24.3. The van der Waals surface area contributed by atoms with Gasteiger partial charge in [0.15, 0.2) is 15.8 Å². The summed E-state index contributed by atoms with van der Waals surface area (Å²) in [5.41, 5.74) is 1.32. The Morgan fingerprint density at radius 3 is 2.44 bits per heavy atom. The number of carbonyl (C=O) groups is 2. The molecule has 2 amide bonds. The third-order valence-corrected chi connectivity index (χ3v) is 6.69. The molecule has 0 bridgehead atoms. The highest BCUT2D eigenvalue weighted by Crippen LogP contribution is 2.47. The van der Waals surface area contributed by atoms with Gasteiger partial charge in [-0.15, -0.1) is 0 Å². The number of amides is 2. The van der Waals surface area contributed by atoms with Gasteiger partial charge >= 0.3 is 12.0 Å². The Labute approximate surface area is 145 Å². The molecule has 2 heterocycles. The zero-order chi connectivity index (χ0) is 18.6. The summed E-state index contributed by atoms with van der Waals surface area (Å²) in [4.78, 5) is 24.1. The van der Waals surface area contributed by atoms with Crippen molar-refractivity contribution < 1.29 is 32.7 Å². The van der Waals surface area contributed by atoms with Crippen LogP contribution < -0.4 is 0 Å². The van der Waals surface area contributed by atoms with Crippen LogP contribution in [0.4, 0.5) is 4.79 Å². The molecule has 134 valence electrons. The fourth-order valence-corrected chi connectivity index (χ4v) is 5.11. The monoisotopic (exact) mass is 366 g/mol. The minimum absolute atomic E-state index is 0.125. The molecule has 4 atom stereocenters. The standard InChI is InChI=1S/C17H19NO6S/c1-10-3-5-13(6-4-10)25(23,24)9-12-7-14-15(11(2)19)16(20)18(14,8-12)17(21)22/h3-6,9,11,14-15,19H,7-8H2,1-2H3/p+1/b12-9+/t11?,14-,15+,18-/m1/s1. The summed E-state index contributed by atoms with van der Waals surface area (Å²) in [6.45, 7) is 3.12. The number of rotatable bonds is 3. The van der Waals surface area contributed by atoms with Crippen LogP contribution in [0.2, 0.25) is 0 Å². The van der Waals surface area contributed by atoms with Gasteiger partial charge in [-0.05, 0) is 26.0 Å². The third-order valence-electron chi connectivity index (χ3n) is 5.12. The van der Waals surface area contributed by atoms with E-state index in [-0.39, 0.29) is 17.9 Å². The quantitative estimate of drug-likeness (QED) is 0.619. The second kappa shape index (κ2) is 5.76. The highest BCUT2D eigenvalue weighted by molar-refractivity contribution is 7.94. The number of carbonyl (C=O) groups excluding carboxylic acids is 1. The van der Waals surface area contributed by atoms with Gasteiger partial charge in [-0.1, -0.05) is 17.7 Å². The van der Waals surface area contributed by atoms with Gasteiger partial charge in [-0.3, -0.25) is 0 Å². The van der Waals surface area contributed by atoms with E-state index in [0.717, 1.165) is 11.0 Å². The van der Waals surface area contributed by atoms with E-state index in [1.54, 1.807) is 12.1 Å². The van der Waals surface area contributed by atoms with Crippen LogP contribution in [0.25, 0.3) is 0 Å². The van der Waals surface area contributed by atoms with Crippen LogP contribution in [0.1, 0.15) is 18.9 Å². The molecule has 0 aliphatic carbocycles. The molecule has 2 aliphatic heterocycles. The average Bonchev–Trinajstić information content (AvgIpc) is 2.81. The molecular formula is C17H20NO6S+. The SMILES string of the molecule is Cc1ccc(S(=O)(=O)/C=C2\C[C@@H]3[C@H](C(C)O)C(=O)[N@@+]3(C(=O)O)C2)cc1. The molecule has 0 radical (unpaired) electrons. The van der Waals surface area contributed by atoms with Gasteiger partial charge in [0.1, 0.15) is 12.6 Å². The molecular weight excluding hydrogens is 346 g/mol. The number of nitrogens with zero attached hydrogens (tertiary/aromatic N) is 1. The van der Waals surface area contributed by atoms with Crippen LogP contribution in [0.5, 0.6) is 0 Å². The first-order valence-electron chi connectivity index (χ1n) is 7.94. The van der Waals surface area contributed by atoms with E-state index < -0.39 is 44.4 Å². The molecule has 2 N–H and O–H groups in total. The van der Waals surface area contributed by atoms with E-state index in [1.807, 2.05) is 6.92 Å². The van der Waals surface area contributed by atoms with Crippen molar-refractivity contribution in [1.29, 1.82) is 0 Å². The Morgan fingerprint density at radius 1 is 1.32 bits per heavy atom. The zero-order valence-corrected chi connectivity index (χ0v) is 14.7. The number of aliphatic hydroxyl groups excluding tert-OH is 1. The highest BCUT2D eigenvalue weighted by Gasteiger charge is 2.73. The van der Waals surface area contributed by atoms with Crippen molar-refractivity contribution in [3.63, 3.8) is 0 Å². The molecule has 2 fully saturated rings. The summed E-state index contributed by atoms with van der Waals surface area (Å²) in [7, 11) is -3.73. The lowest BCUT2D eigenvalue weighted by atomic mass is 9.81. The maximum Gasteiger partial charge on any atom is 0.521 e. The minimum Gasteiger partial charge on any atom is -0.435 e. The second-order valence-electron chi connectivity index (χ2n) is 6.82. The van der Waals surface area contributed by atoms with E-state index in [0.29, 0.717) is 5.57 Å². The Hall–Kier alpha value is -2.03. The molecule has 25 heavy (non-hydrogen) atoms. The third kappa shape index (κ3) is 2.61. The summed E-state index contributed by atoms with van der Waals surface area (Å²) in [5, 5.41) is 20.3. The van der Waals surface area contributed by atoms with Gasteiger partial charge in [0.2, 0.25) is 0 Å². The number of imide groups is 1. The Morgan fingerprint density at radius 2 is 1.92 bits per heavy atom. The fraction of sp³-hybridized carbons (Fsp3) is 0.412. The summed E-state index contributed by atoms with van der Waals surface area (Å²) in [5.74, 6) is -1.34. The molecule has 0 spiro atoms. The van der Waals surface area contributed by atoms with Crippen LogP contribution in [0.15, 0.2) is 40.1 Å². The highest BCUT2D eigenvalue weighted by atomic mass is 32.2. The zero-order valence-electron chi connectivity index (χ0n) is 13.9. The number of quaternary nitrogens is 1. The van der Waals surface area contributed by atoms with Gasteiger partial charge < -0.3 is 10.2 Å². The van der Waals surface area contributed by atoms with Gasteiger partial charge in [-0.25, -0.2) is 13.2 Å². The van der Waals surface area contributed by atoms with Crippen LogP contribution >= 0.6 is 0 Å². The summed E-state index contributed by atoms with van der Waals surface area (Å²) in [6, 6.07) is 5.74. The van der Waals surface area contributed by atoms with Crippen LogP contribution in [-0.2, 0) is 14.6 Å². The number of fused-ring (bicyclic) bond motifs is 1. The molecule has 1 aromatic rings. The van der Waals surface area contributed by atoms with E-state index >= 15 is 0 Å². The molecule has 0 aromatic heterocycles. The van der Waals surface area contributed by atoms with E-state index in [9.17, 15) is 28.2 Å². The average molecular weight is 366 g/mol. The van der Waals surface area contributed by atoms with Gasteiger partial charge in [0, 0.05) is 17.4 Å². The van der Waals surface area contributed by atoms with Crippen molar-refractivity contribution in [2.75, 3.05) is 6.54 Å². The Bertz CT molecular complexity index is 871. The lowest BCUT2D eigenvalue weighted by molar-refractivity contribution is -0.832. The van der Waals surface area contributed by atoms with Gasteiger partial charge in [0.25, 0.3) is 0 Å². The molecule has 3 rings (SSSR count). The van der Waals surface area contributed by atoms with Gasteiger partial charge in [0.05, 0.1) is 11.0 Å². The summed E-state index contributed by atoms with van der Waals surface area (Å²) >= 11 is 0. The van der Waals surface area contributed by atoms with Crippen LogP contribution in [0.3, 0.4) is 0 Å². The number of sulfone groups is 1. The number of aryl methyl sites for hydroxylation is 1. The molecule has 0 saturated carbocycles. The normalized spacial score (nSPS) is 31.5. The Balaban J connectivity index is 1.95. The van der Waals surface area contributed by atoms with Crippen LogP contribution in [0, 0.1) is 12.8 Å². The molecule has 2 aliphatic rings. The molecule has 2 saturated heterocycles. The molecule has 1 aromatic carbocycles. The Kier molecular flexibility index (Phi) is 4.09. The second-order valence-corrected chi connectivity index (χ2v) is 8.62. The largest absolute Gasteiger partial charge is 0.521 e. The van der Waals surface area contributed by atoms with Crippen LogP contribution in [-0.4, -0.2) is 53.8 Å². The van der Waals surface area contributed by atoms with Crippen molar-refractivity contribution in [3.05, 3.63) is 40.8 Å². The fourth-order valence-electron chi connectivity index (χ4n) is 3.85. The summed E-state index contributed by atoms with van der Waals surface area (Å²) in [6.07, 6.45) is -2.10. The lowest BCUT2D eigenvalue weighted by Crippen LogP contribution is -2.76. The molecule has 1 unspecified atom stereocenters. The van der Waals surface area contributed by atoms with Crippen molar-refractivity contribution in [1.82, 2.24) is 0 Å². The molecule has 7 nitrogen and oxygen atoms in total. The first-order valence-corrected chi connectivity index (χ1v) is 9.49. The van der Waals surface area contributed by atoms with Crippen molar-refractivity contribution in [3.8, 4) is 0 Å². The smallest absolute Gasteiger partial charge is 0.435 e. The van der Waals surface area contributed by atoms with Crippen molar-refractivity contribution >= 4 is 21.8 Å². The number of benzene rings is 1. The number of hydrogen-bond acceptors (Lipinski definition) is 5. The number of carboxylic acid groups (broad SMARTS) is 1. The van der Waals surface area contributed by atoms with E-state index in [2.05, 4.69) is 0 Å². The predicted molar refractivity (Wildman–Crippen MR) is 88.2 cm³/mol. The number of hydrogen-bond donors (Lipinski definition) is 2. The minimum atomic E-state index is -3.73. The van der Waals surface area contributed by atoms with E-state index in [4.69, 9.17) is 0 Å². The predicted octanol–water partition coefficient (Wildman–Crippen LogP) is 1.46. The topological polar surface area (TPSA) is 109 Å². The number of β-lactam (4-membered cyclic amide) rings is 1. The first-order chi connectivity index (χ1) is 11.6. The lowest BCUT2D eigenvalue weighted by Gasteiger charge is -2.46.